The van der Waals surface area contributed by atoms with Crippen LogP contribution in [0.4, 0.5) is 4.39 Å². The van der Waals surface area contributed by atoms with Crippen molar-refractivity contribution in [3.05, 3.63) is 99.5 Å². The fourth-order valence-electron chi connectivity index (χ4n) is 2.98. The van der Waals surface area contributed by atoms with E-state index in [0.717, 1.165) is 5.52 Å². The lowest BCUT2D eigenvalue weighted by Gasteiger charge is -2.11. The van der Waals surface area contributed by atoms with E-state index in [2.05, 4.69) is 4.98 Å². The van der Waals surface area contributed by atoms with Crippen molar-refractivity contribution in [2.75, 3.05) is 0 Å². The summed E-state index contributed by atoms with van der Waals surface area (Å²) in [7, 11) is 0. The van der Waals surface area contributed by atoms with Crippen molar-refractivity contribution in [2.24, 2.45) is 0 Å². The van der Waals surface area contributed by atoms with Crippen molar-refractivity contribution in [1.29, 1.82) is 0 Å². The van der Waals surface area contributed by atoms with Crippen LogP contribution < -0.4 is 0 Å². The number of hydrogen-bond acceptors (Lipinski definition) is 2. The number of ketones is 1. The summed E-state index contributed by atoms with van der Waals surface area (Å²) in [4.78, 5) is 17.5. The molecule has 134 valence electrons. The van der Waals surface area contributed by atoms with Crippen LogP contribution in [-0.4, -0.2) is 15.3 Å². The summed E-state index contributed by atoms with van der Waals surface area (Å²) in [6.07, 6.45) is 0. The van der Waals surface area contributed by atoms with Crippen LogP contribution in [0.15, 0.2) is 66.7 Å². The molecular weight excluding hydrogens is 386 g/mol. The van der Waals surface area contributed by atoms with Crippen molar-refractivity contribution in [2.45, 2.75) is 6.54 Å². The number of imidazole rings is 1. The van der Waals surface area contributed by atoms with Crippen molar-refractivity contribution in [1.82, 2.24) is 9.55 Å². The highest BCUT2D eigenvalue weighted by atomic mass is 35.5. The van der Waals surface area contributed by atoms with Gasteiger partial charge in [-0.2, -0.15) is 0 Å². The Morgan fingerprint density at radius 3 is 2.44 bits per heavy atom. The van der Waals surface area contributed by atoms with Gasteiger partial charge in [0.2, 0.25) is 5.78 Å². The molecule has 0 aliphatic rings. The number of rotatable bonds is 4. The van der Waals surface area contributed by atoms with E-state index in [-0.39, 0.29) is 18.2 Å². The Bertz CT molecular complexity index is 1130. The summed E-state index contributed by atoms with van der Waals surface area (Å²) in [5, 5.41) is 0.843. The Labute approximate surface area is 165 Å². The zero-order valence-corrected chi connectivity index (χ0v) is 15.5. The number of hydrogen-bond donors (Lipinski definition) is 0. The summed E-state index contributed by atoms with van der Waals surface area (Å²) >= 11 is 12.1. The van der Waals surface area contributed by atoms with E-state index in [1.165, 1.54) is 6.07 Å². The van der Waals surface area contributed by atoms with E-state index in [9.17, 15) is 9.18 Å². The molecule has 0 fully saturated rings. The van der Waals surface area contributed by atoms with Crippen molar-refractivity contribution < 1.29 is 9.18 Å². The van der Waals surface area contributed by atoms with Gasteiger partial charge in [0, 0.05) is 21.2 Å². The van der Waals surface area contributed by atoms with Gasteiger partial charge in [-0.15, -0.1) is 0 Å². The standard InChI is InChI=1S/C21H13Cl2FN2O/c22-14-10-8-13(9-11-14)20(27)21-25-18-6-1-2-7-19(18)26(21)12-15-16(23)4-3-5-17(15)24/h1-11H,12H2. The first kappa shape index (κ1) is 17.7. The molecule has 3 nitrogen and oxygen atoms in total. The molecule has 0 N–H and O–H groups in total. The number of carbonyl (C=O) groups is 1. The molecule has 0 unspecified atom stereocenters. The summed E-state index contributed by atoms with van der Waals surface area (Å²) in [6.45, 7) is 0.0979. The fourth-order valence-corrected chi connectivity index (χ4v) is 3.33. The minimum atomic E-state index is -0.426. The van der Waals surface area contributed by atoms with Gasteiger partial charge < -0.3 is 4.57 Å². The lowest BCUT2D eigenvalue weighted by atomic mass is 10.1. The van der Waals surface area contributed by atoms with Gasteiger partial charge in [0.25, 0.3) is 0 Å². The Balaban J connectivity index is 1.87. The zero-order chi connectivity index (χ0) is 19.0. The number of carbonyl (C=O) groups excluding carboxylic acids is 1. The number of nitrogens with zero attached hydrogens (tertiary/aromatic N) is 2. The van der Waals surface area contributed by atoms with Crippen LogP contribution in [0.3, 0.4) is 0 Å². The summed E-state index contributed by atoms with van der Waals surface area (Å²) < 4.78 is 16.0. The van der Waals surface area contributed by atoms with E-state index < -0.39 is 5.82 Å². The van der Waals surface area contributed by atoms with Gasteiger partial charge in [-0.05, 0) is 48.5 Å². The van der Waals surface area contributed by atoms with Crippen molar-refractivity contribution in [3.63, 3.8) is 0 Å². The van der Waals surface area contributed by atoms with Gasteiger partial charge in [-0.3, -0.25) is 4.79 Å². The van der Waals surface area contributed by atoms with Crippen LogP contribution in [0, 0.1) is 5.82 Å². The molecule has 1 aromatic heterocycles. The van der Waals surface area contributed by atoms with E-state index in [1.807, 2.05) is 24.3 Å². The van der Waals surface area contributed by atoms with E-state index in [4.69, 9.17) is 23.2 Å². The molecule has 0 radical (unpaired) electrons. The number of halogens is 3. The number of aromatic nitrogens is 2. The third-order valence-electron chi connectivity index (χ3n) is 4.34. The molecule has 1 heterocycles. The number of fused-ring (bicyclic) bond motifs is 1. The molecule has 0 atom stereocenters. The maximum atomic E-state index is 14.3. The van der Waals surface area contributed by atoms with Crippen LogP contribution in [0.1, 0.15) is 21.7 Å². The first-order valence-electron chi connectivity index (χ1n) is 8.23. The predicted octanol–water partition coefficient (Wildman–Crippen LogP) is 5.76. The first-order chi connectivity index (χ1) is 13.0. The monoisotopic (exact) mass is 398 g/mol. The van der Waals surface area contributed by atoms with Crippen LogP contribution in [0.25, 0.3) is 11.0 Å². The fraction of sp³-hybridized carbons (Fsp3) is 0.0476. The minimum Gasteiger partial charge on any atom is -0.317 e. The molecule has 4 aromatic rings. The average Bonchev–Trinajstić information content (AvgIpc) is 3.03. The van der Waals surface area contributed by atoms with Crippen molar-refractivity contribution in [3.8, 4) is 0 Å². The molecule has 0 bridgehead atoms. The summed E-state index contributed by atoms with van der Waals surface area (Å²) in [6, 6.07) is 18.4. The Morgan fingerprint density at radius 1 is 0.963 bits per heavy atom. The largest absolute Gasteiger partial charge is 0.317 e. The van der Waals surface area contributed by atoms with E-state index >= 15 is 0 Å². The summed E-state index contributed by atoms with van der Waals surface area (Å²) in [5.41, 5.74) is 2.15. The molecule has 3 aromatic carbocycles. The van der Waals surface area contributed by atoms with Gasteiger partial charge in [0.1, 0.15) is 5.82 Å². The molecule has 4 rings (SSSR count). The Morgan fingerprint density at radius 2 is 1.70 bits per heavy atom. The molecule has 0 saturated heterocycles. The predicted molar refractivity (Wildman–Crippen MR) is 105 cm³/mol. The molecule has 6 heteroatoms. The Hall–Kier alpha value is -2.69. The second-order valence-electron chi connectivity index (χ2n) is 6.05. The highest BCUT2D eigenvalue weighted by molar-refractivity contribution is 6.31. The lowest BCUT2D eigenvalue weighted by Crippen LogP contribution is -2.13. The smallest absolute Gasteiger partial charge is 0.228 e. The average molecular weight is 399 g/mol. The van der Waals surface area contributed by atoms with E-state index in [1.54, 1.807) is 41.0 Å². The lowest BCUT2D eigenvalue weighted by molar-refractivity contribution is 0.102. The molecule has 0 saturated carbocycles. The zero-order valence-electron chi connectivity index (χ0n) is 14.0. The topological polar surface area (TPSA) is 34.9 Å². The first-order valence-corrected chi connectivity index (χ1v) is 8.98. The third-order valence-corrected chi connectivity index (χ3v) is 4.95. The molecule has 0 amide bonds. The highest BCUT2D eigenvalue weighted by Crippen LogP contribution is 2.25. The number of para-hydroxylation sites is 2. The maximum Gasteiger partial charge on any atom is 0.228 e. The SMILES string of the molecule is O=C(c1ccc(Cl)cc1)c1nc2ccccc2n1Cc1c(F)cccc1Cl. The normalized spacial score (nSPS) is 11.1. The van der Waals surface area contributed by atoms with Crippen LogP contribution in [0.2, 0.25) is 10.0 Å². The summed E-state index contributed by atoms with van der Waals surface area (Å²) in [5.74, 6) is -0.474. The van der Waals surface area contributed by atoms with Crippen molar-refractivity contribution >= 4 is 40.0 Å². The molecule has 0 aliphatic heterocycles. The highest BCUT2D eigenvalue weighted by Gasteiger charge is 2.21. The van der Waals surface area contributed by atoms with E-state index in [0.29, 0.717) is 26.7 Å². The van der Waals surface area contributed by atoms with Gasteiger partial charge in [-0.1, -0.05) is 41.4 Å². The number of benzene rings is 3. The maximum absolute atomic E-state index is 14.3. The second-order valence-corrected chi connectivity index (χ2v) is 6.89. The van der Waals surface area contributed by atoms with Crippen LogP contribution in [-0.2, 0) is 6.54 Å². The molecular formula is C21H13Cl2FN2O. The van der Waals surface area contributed by atoms with Gasteiger partial charge in [0.15, 0.2) is 5.82 Å². The quantitative estimate of drug-likeness (QED) is 0.409. The molecule has 0 spiro atoms. The minimum absolute atomic E-state index is 0.0979. The van der Waals surface area contributed by atoms with Gasteiger partial charge in [-0.25, -0.2) is 9.37 Å². The van der Waals surface area contributed by atoms with Gasteiger partial charge in [0.05, 0.1) is 17.6 Å². The molecule has 0 aliphatic carbocycles. The van der Waals surface area contributed by atoms with Crippen LogP contribution >= 0.6 is 23.2 Å². The third kappa shape index (κ3) is 3.34. The Kier molecular flexibility index (Phi) is 4.68. The van der Waals surface area contributed by atoms with Gasteiger partial charge >= 0.3 is 0 Å². The molecule has 27 heavy (non-hydrogen) atoms. The second kappa shape index (κ2) is 7.14. The van der Waals surface area contributed by atoms with Crippen LogP contribution in [0.5, 0.6) is 0 Å².